The van der Waals surface area contributed by atoms with E-state index in [0.717, 1.165) is 50.1 Å². The number of amides is 2. The molecule has 26 heavy (non-hydrogen) atoms. The number of benzene rings is 1. The Balaban J connectivity index is 1.59. The van der Waals surface area contributed by atoms with Gasteiger partial charge in [0, 0.05) is 30.3 Å². The summed E-state index contributed by atoms with van der Waals surface area (Å²) in [6, 6.07) is 11.5. The van der Waals surface area contributed by atoms with Crippen LogP contribution in [0.5, 0.6) is 0 Å². The van der Waals surface area contributed by atoms with Gasteiger partial charge in [0.05, 0.1) is 12.8 Å². The first-order valence-corrected chi connectivity index (χ1v) is 9.46. The molecule has 1 aliphatic heterocycles. The lowest BCUT2D eigenvalue weighted by atomic mass is 10.1. The molecule has 1 saturated carbocycles. The molecule has 0 radical (unpaired) electrons. The molecule has 2 heterocycles. The standard InChI is InChI=1S/C21H24N2O3/c24-20-11-4-12-22(20)18-9-3-6-16(14-18)21(25)23(17-7-1-2-8-17)15-19-10-5-13-26-19/h3,5-6,9-10,13-14,17H,1-2,4,7-8,11-12,15H2. The number of hydrogen-bond donors (Lipinski definition) is 0. The van der Waals surface area contributed by atoms with Gasteiger partial charge >= 0.3 is 0 Å². The van der Waals surface area contributed by atoms with Gasteiger partial charge in [0.15, 0.2) is 0 Å². The molecular formula is C21H24N2O3. The predicted octanol–water partition coefficient (Wildman–Crippen LogP) is 3.99. The molecule has 5 heteroatoms. The van der Waals surface area contributed by atoms with Crippen LogP contribution < -0.4 is 4.90 Å². The van der Waals surface area contributed by atoms with Gasteiger partial charge in [-0.15, -0.1) is 0 Å². The number of hydrogen-bond acceptors (Lipinski definition) is 3. The van der Waals surface area contributed by atoms with Crippen LogP contribution in [0.3, 0.4) is 0 Å². The fourth-order valence-corrected chi connectivity index (χ4v) is 4.05. The molecule has 0 unspecified atom stereocenters. The first-order valence-electron chi connectivity index (χ1n) is 9.46. The van der Waals surface area contributed by atoms with Crippen LogP contribution in [-0.2, 0) is 11.3 Å². The van der Waals surface area contributed by atoms with E-state index in [-0.39, 0.29) is 17.9 Å². The van der Waals surface area contributed by atoms with Crippen molar-refractivity contribution in [3.8, 4) is 0 Å². The van der Waals surface area contributed by atoms with Crippen molar-refractivity contribution in [1.29, 1.82) is 0 Å². The van der Waals surface area contributed by atoms with Crippen LogP contribution in [-0.4, -0.2) is 29.3 Å². The summed E-state index contributed by atoms with van der Waals surface area (Å²) in [5, 5.41) is 0. The zero-order chi connectivity index (χ0) is 17.9. The molecule has 2 aromatic rings. The number of rotatable bonds is 5. The third-order valence-electron chi connectivity index (χ3n) is 5.41. The van der Waals surface area contributed by atoms with Crippen molar-refractivity contribution in [2.45, 2.75) is 51.1 Å². The summed E-state index contributed by atoms with van der Waals surface area (Å²) in [5.41, 5.74) is 1.46. The molecule has 4 rings (SSSR count). The maximum absolute atomic E-state index is 13.3. The Kier molecular flexibility index (Phi) is 4.78. The van der Waals surface area contributed by atoms with Gasteiger partial charge in [-0.1, -0.05) is 18.9 Å². The zero-order valence-electron chi connectivity index (χ0n) is 14.9. The topological polar surface area (TPSA) is 53.8 Å². The molecule has 136 valence electrons. The van der Waals surface area contributed by atoms with Crippen molar-refractivity contribution in [3.63, 3.8) is 0 Å². The lowest BCUT2D eigenvalue weighted by Gasteiger charge is -2.28. The molecule has 5 nitrogen and oxygen atoms in total. The number of carbonyl (C=O) groups is 2. The first-order chi connectivity index (χ1) is 12.7. The Morgan fingerprint density at radius 1 is 1.15 bits per heavy atom. The van der Waals surface area contributed by atoms with E-state index in [9.17, 15) is 9.59 Å². The maximum Gasteiger partial charge on any atom is 0.254 e. The average Bonchev–Trinajstić information content (AvgIpc) is 3.41. The van der Waals surface area contributed by atoms with E-state index in [0.29, 0.717) is 18.5 Å². The molecule has 0 spiro atoms. The fraction of sp³-hybridized carbons (Fsp3) is 0.429. The minimum atomic E-state index is 0.0156. The number of carbonyl (C=O) groups excluding carboxylic acids is 2. The highest BCUT2D eigenvalue weighted by Crippen LogP contribution is 2.28. The minimum Gasteiger partial charge on any atom is -0.467 e. The van der Waals surface area contributed by atoms with Gasteiger partial charge in [0.1, 0.15) is 5.76 Å². The average molecular weight is 352 g/mol. The minimum absolute atomic E-state index is 0.0156. The van der Waals surface area contributed by atoms with Crippen LogP contribution in [0.15, 0.2) is 47.1 Å². The first kappa shape index (κ1) is 16.9. The van der Waals surface area contributed by atoms with Gasteiger partial charge in [-0.3, -0.25) is 9.59 Å². The van der Waals surface area contributed by atoms with Crippen LogP contribution in [0.4, 0.5) is 5.69 Å². The second-order valence-corrected chi connectivity index (χ2v) is 7.15. The molecule has 2 amide bonds. The van der Waals surface area contributed by atoms with E-state index in [1.54, 1.807) is 11.2 Å². The third kappa shape index (κ3) is 3.39. The second kappa shape index (κ2) is 7.36. The Labute approximate surface area is 153 Å². The van der Waals surface area contributed by atoms with E-state index >= 15 is 0 Å². The summed E-state index contributed by atoms with van der Waals surface area (Å²) >= 11 is 0. The summed E-state index contributed by atoms with van der Waals surface area (Å²) in [5.74, 6) is 0.954. The van der Waals surface area contributed by atoms with Gasteiger partial charge in [-0.05, 0) is 49.6 Å². The van der Waals surface area contributed by atoms with Crippen LogP contribution in [0.2, 0.25) is 0 Å². The Morgan fingerprint density at radius 3 is 2.69 bits per heavy atom. The Morgan fingerprint density at radius 2 is 2.00 bits per heavy atom. The molecule has 0 N–H and O–H groups in total. The molecule has 2 aliphatic rings. The van der Waals surface area contributed by atoms with Gasteiger partial charge in [0.2, 0.25) is 5.91 Å². The van der Waals surface area contributed by atoms with Crippen LogP contribution in [0.25, 0.3) is 0 Å². The normalized spacial score (nSPS) is 17.8. The van der Waals surface area contributed by atoms with E-state index in [4.69, 9.17) is 4.42 Å². The summed E-state index contributed by atoms with van der Waals surface area (Å²) in [4.78, 5) is 29.0. The van der Waals surface area contributed by atoms with E-state index < -0.39 is 0 Å². The van der Waals surface area contributed by atoms with Gasteiger partial charge in [-0.25, -0.2) is 0 Å². The third-order valence-corrected chi connectivity index (χ3v) is 5.41. The summed E-state index contributed by atoms with van der Waals surface area (Å²) in [7, 11) is 0. The van der Waals surface area contributed by atoms with Crippen LogP contribution in [0.1, 0.15) is 54.6 Å². The van der Waals surface area contributed by atoms with Crippen LogP contribution >= 0.6 is 0 Å². The summed E-state index contributed by atoms with van der Waals surface area (Å²) in [6.45, 7) is 1.22. The highest BCUT2D eigenvalue weighted by molar-refractivity contribution is 5.99. The van der Waals surface area contributed by atoms with Gasteiger partial charge in [-0.2, -0.15) is 0 Å². The highest BCUT2D eigenvalue weighted by Gasteiger charge is 2.29. The molecule has 2 fully saturated rings. The van der Waals surface area contributed by atoms with Crippen molar-refractivity contribution in [2.75, 3.05) is 11.4 Å². The smallest absolute Gasteiger partial charge is 0.254 e. The monoisotopic (exact) mass is 352 g/mol. The quantitative estimate of drug-likeness (QED) is 0.817. The number of furan rings is 1. The summed E-state index contributed by atoms with van der Waals surface area (Å²) < 4.78 is 5.48. The SMILES string of the molecule is O=C1CCCN1c1cccc(C(=O)N(Cc2ccco2)C2CCCC2)c1. The van der Waals surface area contributed by atoms with E-state index in [1.807, 2.05) is 41.3 Å². The largest absolute Gasteiger partial charge is 0.467 e. The number of anilines is 1. The van der Waals surface area contributed by atoms with Gasteiger partial charge in [0.25, 0.3) is 5.91 Å². The van der Waals surface area contributed by atoms with Crippen molar-refractivity contribution in [2.24, 2.45) is 0 Å². The molecule has 1 aromatic carbocycles. The highest BCUT2D eigenvalue weighted by atomic mass is 16.3. The maximum atomic E-state index is 13.3. The van der Waals surface area contributed by atoms with E-state index in [2.05, 4.69) is 0 Å². The molecule has 1 aromatic heterocycles. The van der Waals surface area contributed by atoms with Gasteiger partial charge < -0.3 is 14.2 Å². The lowest BCUT2D eigenvalue weighted by Crippen LogP contribution is -2.38. The molecular weight excluding hydrogens is 328 g/mol. The lowest BCUT2D eigenvalue weighted by molar-refractivity contribution is -0.117. The Bertz CT molecular complexity index is 778. The van der Waals surface area contributed by atoms with Crippen molar-refractivity contribution >= 4 is 17.5 Å². The Hall–Kier alpha value is -2.56. The van der Waals surface area contributed by atoms with Crippen LogP contribution in [0, 0.1) is 0 Å². The summed E-state index contributed by atoms with van der Waals surface area (Å²) in [6.07, 6.45) is 7.51. The second-order valence-electron chi connectivity index (χ2n) is 7.15. The zero-order valence-corrected chi connectivity index (χ0v) is 14.9. The van der Waals surface area contributed by atoms with E-state index in [1.165, 1.54) is 0 Å². The molecule has 1 aliphatic carbocycles. The molecule has 0 bridgehead atoms. The fourth-order valence-electron chi connectivity index (χ4n) is 4.05. The van der Waals surface area contributed by atoms with Crippen molar-refractivity contribution in [1.82, 2.24) is 4.90 Å². The molecule has 0 atom stereocenters. The predicted molar refractivity (Wildman–Crippen MR) is 98.9 cm³/mol. The van der Waals surface area contributed by atoms with Crippen molar-refractivity contribution < 1.29 is 14.0 Å². The molecule has 1 saturated heterocycles. The number of nitrogens with zero attached hydrogens (tertiary/aromatic N) is 2. The van der Waals surface area contributed by atoms with Crippen molar-refractivity contribution in [3.05, 3.63) is 54.0 Å².